The Kier molecular flexibility index (Phi) is 5.21. The molecule has 0 saturated heterocycles. The van der Waals surface area contributed by atoms with Gasteiger partial charge in [-0.1, -0.05) is 41.9 Å². The molecule has 0 radical (unpaired) electrons. The van der Waals surface area contributed by atoms with E-state index in [1.54, 1.807) is 18.2 Å². The van der Waals surface area contributed by atoms with Crippen molar-refractivity contribution in [1.82, 2.24) is 4.90 Å². The zero-order valence-corrected chi connectivity index (χ0v) is 13.5. The van der Waals surface area contributed by atoms with E-state index in [4.69, 9.17) is 11.6 Å². The van der Waals surface area contributed by atoms with Crippen LogP contribution in [0.2, 0.25) is 5.02 Å². The lowest BCUT2D eigenvalue weighted by molar-refractivity contribution is 0.0751. The first-order chi connectivity index (χ1) is 9.61. The number of carbonyl (C=O) groups is 1. The quantitative estimate of drug-likeness (QED) is 0.776. The van der Waals surface area contributed by atoms with E-state index in [2.05, 4.69) is 15.9 Å². The normalized spacial score (nSPS) is 10.3. The van der Waals surface area contributed by atoms with Crippen LogP contribution in [0.4, 0.5) is 0 Å². The largest absolute Gasteiger partial charge is 0.335 e. The number of rotatable bonds is 4. The molecule has 2 aromatic carbocycles. The monoisotopic (exact) mass is 351 g/mol. The van der Waals surface area contributed by atoms with E-state index in [-0.39, 0.29) is 5.91 Å². The Morgan fingerprint density at radius 2 is 1.90 bits per heavy atom. The lowest BCUT2D eigenvalue weighted by Crippen LogP contribution is -2.30. The van der Waals surface area contributed by atoms with Gasteiger partial charge in [0, 0.05) is 22.6 Å². The van der Waals surface area contributed by atoms with Crippen molar-refractivity contribution in [2.75, 3.05) is 6.54 Å². The second kappa shape index (κ2) is 6.91. The number of hydrogen-bond donors (Lipinski definition) is 0. The van der Waals surface area contributed by atoms with E-state index >= 15 is 0 Å². The molecule has 0 aliphatic carbocycles. The zero-order valence-electron chi connectivity index (χ0n) is 11.1. The molecule has 0 heterocycles. The fourth-order valence-electron chi connectivity index (χ4n) is 1.96. The highest BCUT2D eigenvalue weighted by molar-refractivity contribution is 9.10. The molecule has 0 saturated carbocycles. The van der Waals surface area contributed by atoms with Gasteiger partial charge in [0.05, 0.1) is 5.56 Å². The van der Waals surface area contributed by atoms with Crippen LogP contribution in [-0.4, -0.2) is 17.4 Å². The van der Waals surface area contributed by atoms with Gasteiger partial charge in [-0.15, -0.1) is 0 Å². The minimum Gasteiger partial charge on any atom is -0.335 e. The zero-order chi connectivity index (χ0) is 14.5. The predicted octanol–water partition coefficient (Wildman–Crippen LogP) is 4.76. The standard InChI is InChI=1S/C16H15BrClNO/c1-2-19(11-12-6-4-3-5-7-12)16(20)14-9-8-13(18)10-15(14)17/h3-10H,2,11H2,1H3. The lowest BCUT2D eigenvalue weighted by Gasteiger charge is -2.21. The molecule has 0 aliphatic heterocycles. The molecule has 2 rings (SSSR count). The molecule has 4 heteroatoms. The van der Waals surface area contributed by atoms with Crippen molar-refractivity contribution in [3.8, 4) is 0 Å². The average Bonchev–Trinajstić information content (AvgIpc) is 2.45. The Bertz CT molecular complexity index is 601. The highest BCUT2D eigenvalue weighted by Crippen LogP contribution is 2.23. The highest BCUT2D eigenvalue weighted by atomic mass is 79.9. The molecule has 0 aliphatic rings. The van der Waals surface area contributed by atoms with Gasteiger partial charge in [-0.3, -0.25) is 4.79 Å². The molecule has 0 spiro atoms. The number of halogens is 2. The van der Waals surface area contributed by atoms with Gasteiger partial charge >= 0.3 is 0 Å². The lowest BCUT2D eigenvalue weighted by atomic mass is 10.1. The molecule has 2 nitrogen and oxygen atoms in total. The Morgan fingerprint density at radius 3 is 2.50 bits per heavy atom. The fraction of sp³-hybridized carbons (Fsp3) is 0.188. The summed E-state index contributed by atoms with van der Waals surface area (Å²) in [5.41, 5.74) is 1.75. The predicted molar refractivity (Wildman–Crippen MR) is 86.0 cm³/mol. The third-order valence-electron chi connectivity index (χ3n) is 3.05. The van der Waals surface area contributed by atoms with Crippen LogP contribution in [0.25, 0.3) is 0 Å². The molecule has 1 amide bonds. The Morgan fingerprint density at radius 1 is 1.20 bits per heavy atom. The summed E-state index contributed by atoms with van der Waals surface area (Å²) < 4.78 is 0.724. The molecular weight excluding hydrogens is 338 g/mol. The van der Waals surface area contributed by atoms with Gasteiger partial charge < -0.3 is 4.90 Å². The highest BCUT2D eigenvalue weighted by Gasteiger charge is 2.17. The van der Waals surface area contributed by atoms with Crippen LogP contribution in [0, 0.1) is 0 Å². The van der Waals surface area contributed by atoms with Crippen LogP contribution >= 0.6 is 27.5 Å². The van der Waals surface area contributed by atoms with Crippen LogP contribution in [0.3, 0.4) is 0 Å². The van der Waals surface area contributed by atoms with Gasteiger partial charge in [0.25, 0.3) is 5.91 Å². The van der Waals surface area contributed by atoms with E-state index in [0.717, 1.165) is 10.0 Å². The third-order valence-corrected chi connectivity index (χ3v) is 3.94. The van der Waals surface area contributed by atoms with Crippen molar-refractivity contribution >= 4 is 33.4 Å². The summed E-state index contributed by atoms with van der Waals surface area (Å²) in [6, 6.07) is 15.2. The second-order valence-corrected chi connectivity index (χ2v) is 5.72. The van der Waals surface area contributed by atoms with E-state index in [9.17, 15) is 4.79 Å². The molecule has 2 aromatic rings. The van der Waals surface area contributed by atoms with Crippen molar-refractivity contribution in [2.24, 2.45) is 0 Å². The van der Waals surface area contributed by atoms with Crippen molar-refractivity contribution in [1.29, 1.82) is 0 Å². The summed E-state index contributed by atoms with van der Waals surface area (Å²) in [5.74, 6) is -0.0000975. The minimum absolute atomic E-state index is 0.0000975. The molecule has 0 atom stereocenters. The van der Waals surface area contributed by atoms with E-state index in [1.165, 1.54) is 0 Å². The summed E-state index contributed by atoms with van der Waals surface area (Å²) >= 11 is 9.31. The maximum atomic E-state index is 12.6. The van der Waals surface area contributed by atoms with Crippen LogP contribution in [0.1, 0.15) is 22.8 Å². The Labute approximate surface area is 132 Å². The summed E-state index contributed by atoms with van der Waals surface area (Å²) in [7, 11) is 0. The second-order valence-electron chi connectivity index (χ2n) is 4.43. The van der Waals surface area contributed by atoms with Gasteiger partial charge in [0.2, 0.25) is 0 Å². The van der Waals surface area contributed by atoms with Crippen LogP contribution in [0.5, 0.6) is 0 Å². The summed E-state index contributed by atoms with van der Waals surface area (Å²) in [6.45, 7) is 3.23. The molecule has 0 bridgehead atoms. The number of benzene rings is 2. The van der Waals surface area contributed by atoms with Gasteiger partial charge in [0.15, 0.2) is 0 Å². The van der Waals surface area contributed by atoms with Gasteiger partial charge in [-0.2, -0.15) is 0 Å². The van der Waals surface area contributed by atoms with Crippen LogP contribution in [-0.2, 0) is 6.54 Å². The number of hydrogen-bond acceptors (Lipinski definition) is 1. The summed E-state index contributed by atoms with van der Waals surface area (Å²) in [4.78, 5) is 14.4. The molecular formula is C16H15BrClNO. The molecule has 0 aromatic heterocycles. The maximum absolute atomic E-state index is 12.6. The maximum Gasteiger partial charge on any atom is 0.255 e. The fourth-order valence-corrected chi connectivity index (χ4v) is 2.82. The SMILES string of the molecule is CCN(Cc1ccccc1)C(=O)c1ccc(Cl)cc1Br. The smallest absolute Gasteiger partial charge is 0.255 e. The molecule has 0 N–H and O–H groups in total. The third kappa shape index (κ3) is 3.62. The number of carbonyl (C=O) groups excluding carboxylic acids is 1. The van der Waals surface area contributed by atoms with Crippen molar-refractivity contribution in [3.05, 3.63) is 69.2 Å². The topological polar surface area (TPSA) is 20.3 Å². The van der Waals surface area contributed by atoms with Crippen molar-refractivity contribution in [3.63, 3.8) is 0 Å². The summed E-state index contributed by atoms with van der Waals surface area (Å²) in [5, 5.41) is 0.611. The number of nitrogens with zero attached hydrogens (tertiary/aromatic N) is 1. The van der Waals surface area contributed by atoms with Crippen molar-refractivity contribution in [2.45, 2.75) is 13.5 Å². The minimum atomic E-state index is -0.0000975. The van der Waals surface area contributed by atoms with Gasteiger partial charge in [-0.25, -0.2) is 0 Å². The molecule has 0 unspecified atom stereocenters. The van der Waals surface area contributed by atoms with E-state index in [0.29, 0.717) is 23.7 Å². The average molecular weight is 353 g/mol. The summed E-state index contributed by atoms with van der Waals surface area (Å²) in [6.07, 6.45) is 0. The van der Waals surface area contributed by atoms with Crippen LogP contribution < -0.4 is 0 Å². The molecule has 104 valence electrons. The van der Waals surface area contributed by atoms with E-state index < -0.39 is 0 Å². The first kappa shape index (κ1) is 15.1. The van der Waals surface area contributed by atoms with E-state index in [1.807, 2.05) is 42.2 Å². The van der Waals surface area contributed by atoms with Crippen LogP contribution in [0.15, 0.2) is 53.0 Å². The first-order valence-electron chi connectivity index (χ1n) is 6.40. The van der Waals surface area contributed by atoms with Gasteiger partial charge in [-0.05, 0) is 46.6 Å². The molecule has 20 heavy (non-hydrogen) atoms. The molecule has 0 fully saturated rings. The Hall–Kier alpha value is -1.32. The first-order valence-corrected chi connectivity index (χ1v) is 7.57. The Balaban J connectivity index is 2.21. The van der Waals surface area contributed by atoms with Gasteiger partial charge in [0.1, 0.15) is 0 Å². The number of amides is 1. The van der Waals surface area contributed by atoms with Crippen molar-refractivity contribution < 1.29 is 4.79 Å².